The van der Waals surface area contributed by atoms with Crippen LogP contribution in [0.3, 0.4) is 0 Å². The highest BCUT2D eigenvalue weighted by atomic mass is 79.9. The lowest BCUT2D eigenvalue weighted by Crippen LogP contribution is -2.06. The van der Waals surface area contributed by atoms with Crippen molar-refractivity contribution < 1.29 is 14.3 Å². The molecule has 2 aromatic carbocycles. The molecule has 0 saturated heterocycles. The Kier molecular flexibility index (Phi) is 5.09. The van der Waals surface area contributed by atoms with E-state index in [9.17, 15) is 4.79 Å². The number of esters is 1. The van der Waals surface area contributed by atoms with Crippen LogP contribution in [-0.2, 0) is 11.3 Å². The standard InChI is InChI=1S/C15H13BrClNO3/c1-20-11-3-4-12(16)10(6-11)8-21-15(19)9-2-5-14(18)13(17)7-9/h2-7H,8,18H2,1H3. The summed E-state index contributed by atoms with van der Waals surface area (Å²) in [6.07, 6.45) is 0. The van der Waals surface area contributed by atoms with Crippen LogP contribution >= 0.6 is 27.5 Å². The summed E-state index contributed by atoms with van der Waals surface area (Å²) in [7, 11) is 1.58. The lowest BCUT2D eigenvalue weighted by molar-refractivity contribution is 0.0471. The third-order valence-corrected chi connectivity index (χ3v) is 3.95. The molecular weight excluding hydrogens is 358 g/mol. The number of nitrogens with two attached hydrogens (primary N) is 1. The SMILES string of the molecule is COc1ccc(Br)c(COC(=O)c2ccc(N)c(Cl)c2)c1. The molecule has 2 N–H and O–H groups in total. The molecule has 0 bridgehead atoms. The first-order valence-electron chi connectivity index (χ1n) is 6.06. The van der Waals surface area contributed by atoms with Crippen molar-refractivity contribution >= 4 is 39.2 Å². The molecule has 0 heterocycles. The van der Waals surface area contributed by atoms with Gasteiger partial charge >= 0.3 is 5.97 Å². The molecule has 0 saturated carbocycles. The van der Waals surface area contributed by atoms with Crippen LogP contribution in [0, 0.1) is 0 Å². The molecule has 0 radical (unpaired) electrons. The van der Waals surface area contributed by atoms with Crippen LogP contribution in [0.1, 0.15) is 15.9 Å². The second kappa shape index (κ2) is 6.83. The van der Waals surface area contributed by atoms with E-state index in [0.29, 0.717) is 22.0 Å². The number of carbonyl (C=O) groups excluding carboxylic acids is 1. The number of benzene rings is 2. The lowest BCUT2D eigenvalue weighted by Gasteiger charge is -2.09. The van der Waals surface area contributed by atoms with Crippen molar-refractivity contribution in [3.63, 3.8) is 0 Å². The van der Waals surface area contributed by atoms with E-state index in [2.05, 4.69) is 15.9 Å². The van der Waals surface area contributed by atoms with Gasteiger partial charge in [-0.15, -0.1) is 0 Å². The number of hydrogen-bond donors (Lipinski definition) is 1. The highest BCUT2D eigenvalue weighted by molar-refractivity contribution is 9.10. The Labute approximate surface area is 135 Å². The van der Waals surface area contributed by atoms with Gasteiger partial charge in [0, 0.05) is 10.0 Å². The number of hydrogen-bond acceptors (Lipinski definition) is 4. The third kappa shape index (κ3) is 3.89. The monoisotopic (exact) mass is 369 g/mol. The van der Waals surface area contributed by atoms with E-state index in [1.807, 2.05) is 12.1 Å². The van der Waals surface area contributed by atoms with Crippen LogP contribution in [0.25, 0.3) is 0 Å². The first kappa shape index (κ1) is 15.7. The molecule has 0 spiro atoms. The first-order chi connectivity index (χ1) is 10.0. The first-order valence-corrected chi connectivity index (χ1v) is 7.23. The number of methoxy groups -OCH3 is 1. The van der Waals surface area contributed by atoms with Gasteiger partial charge in [-0.3, -0.25) is 0 Å². The van der Waals surface area contributed by atoms with E-state index in [0.717, 1.165) is 10.0 Å². The van der Waals surface area contributed by atoms with Gasteiger partial charge in [-0.25, -0.2) is 4.79 Å². The predicted octanol–water partition coefficient (Wildman–Crippen LogP) is 4.05. The topological polar surface area (TPSA) is 61.5 Å². The lowest BCUT2D eigenvalue weighted by atomic mass is 10.2. The molecule has 21 heavy (non-hydrogen) atoms. The maximum absolute atomic E-state index is 12.0. The Morgan fingerprint density at radius 1 is 1.29 bits per heavy atom. The predicted molar refractivity (Wildman–Crippen MR) is 85.7 cm³/mol. The molecule has 0 aliphatic rings. The van der Waals surface area contributed by atoms with Gasteiger partial charge in [0.05, 0.1) is 23.4 Å². The van der Waals surface area contributed by atoms with Gasteiger partial charge in [-0.1, -0.05) is 27.5 Å². The van der Waals surface area contributed by atoms with Crippen LogP contribution in [0.2, 0.25) is 5.02 Å². The zero-order valence-electron chi connectivity index (χ0n) is 11.2. The third-order valence-electron chi connectivity index (χ3n) is 2.85. The smallest absolute Gasteiger partial charge is 0.338 e. The molecule has 0 fully saturated rings. The minimum atomic E-state index is -0.466. The summed E-state index contributed by atoms with van der Waals surface area (Å²) in [5.41, 5.74) is 7.19. The van der Waals surface area contributed by atoms with E-state index < -0.39 is 5.97 Å². The van der Waals surface area contributed by atoms with Crippen molar-refractivity contribution in [3.8, 4) is 5.75 Å². The van der Waals surface area contributed by atoms with Crippen molar-refractivity contribution in [2.75, 3.05) is 12.8 Å². The molecule has 4 nitrogen and oxygen atoms in total. The Hall–Kier alpha value is -1.72. The highest BCUT2D eigenvalue weighted by Crippen LogP contribution is 2.24. The number of nitrogen functional groups attached to an aromatic ring is 1. The summed E-state index contributed by atoms with van der Waals surface area (Å²) in [6.45, 7) is 0.124. The van der Waals surface area contributed by atoms with Gasteiger partial charge in [0.25, 0.3) is 0 Å². The Balaban J connectivity index is 2.08. The van der Waals surface area contributed by atoms with Gasteiger partial charge in [-0.05, 0) is 36.4 Å². The molecule has 0 atom stereocenters. The average molecular weight is 371 g/mol. The van der Waals surface area contributed by atoms with Gasteiger partial charge in [0.15, 0.2) is 0 Å². The summed E-state index contributed by atoms with van der Waals surface area (Å²) < 4.78 is 11.2. The van der Waals surface area contributed by atoms with Gasteiger partial charge in [0.1, 0.15) is 12.4 Å². The molecule has 0 aliphatic heterocycles. The summed E-state index contributed by atoms with van der Waals surface area (Å²) in [5.74, 6) is 0.228. The highest BCUT2D eigenvalue weighted by Gasteiger charge is 2.11. The normalized spacial score (nSPS) is 10.2. The van der Waals surface area contributed by atoms with Crippen LogP contribution in [0.4, 0.5) is 5.69 Å². The van der Waals surface area contributed by atoms with Crippen LogP contribution in [-0.4, -0.2) is 13.1 Å². The number of halogens is 2. The van der Waals surface area contributed by atoms with Crippen molar-refractivity contribution in [2.24, 2.45) is 0 Å². The zero-order valence-corrected chi connectivity index (χ0v) is 13.6. The molecule has 2 rings (SSSR count). The molecule has 110 valence electrons. The van der Waals surface area contributed by atoms with Gasteiger partial charge in [0.2, 0.25) is 0 Å². The van der Waals surface area contributed by atoms with Crippen LogP contribution < -0.4 is 10.5 Å². The number of ether oxygens (including phenoxy) is 2. The van der Waals surface area contributed by atoms with Crippen LogP contribution in [0.15, 0.2) is 40.9 Å². The zero-order chi connectivity index (χ0) is 15.4. The number of anilines is 1. The van der Waals surface area contributed by atoms with Gasteiger partial charge in [-0.2, -0.15) is 0 Å². The van der Waals surface area contributed by atoms with Crippen molar-refractivity contribution in [1.82, 2.24) is 0 Å². The van der Waals surface area contributed by atoms with E-state index >= 15 is 0 Å². The summed E-state index contributed by atoms with van der Waals surface area (Å²) in [6, 6.07) is 10.1. The minimum Gasteiger partial charge on any atom is -0.497 e. The fourth-order valence-electron chi connectivity index (χ4n) is 1.67. The minimum absolute atomic E-state index is 0.124. The van der Waals surface area contributed by atoms with Crippen molar-refractivity contribution in [2.45, 2.75) is 6.61 Å². The maximum atomic E-state index is 12.0. The van der Waals surface area contributed by atoms with Crippen LogP contribution in [0.5, 0.6) is 5.75 Å². The number of rotatable bonds is 4. The summed E-state index contributed by atoms with van der Waals surface area (Å²) in [4.78, 5) is 12.0. The Morgan fingerprint density at radius 3 is 2.71 bits per heavy atom. The average Bonchev–Trinajstić information content (AvgIpc) is 2.49. The largest absolute Gasteiger partial charge is 0.497 e. The van der Waals surface area contributed by atoms with Crippen molar-refractivity contribution in [1.29, 1.82) is 0 Å². The maximum Gasteiger partial charge on any atom is 0.338 e. The molecule has 6 heteroatoms. The quantitative estimate of drug-likeness (QED) is 0.651. The van der Waals surface area contributed by atoms with E-state index in [1.54, 1.807) is 25.3 Å². The second-order valence-corrected chi connectivity index (χ2v) is 5.53. The Bertz CT molecular complexity index is 676. The summed E-state index contributed by atoms with van der Waals surface area (Å²) in [5, 5.41) is 0.326. The fourth-order valence-corrected chi connectivity index (χ4v) is 2.21. The van der Waals surface area contributed by atoms with Crippen molar-refractivity contribution in [3.05, 3.63) is 57.0 Å². The Morgan fingerprint density at radius 2 is 2.05 bits per heavy atom. The van der Waals surface area contributed by atoms with E-state index in [4.69, 9.17) is 26.8 Å². The molecular formula is C15H13BrClNO3. The number of carbonyl (C=O) groups is 1. The molecule has 0 aromatic heterocycles. The van der Waals surface area contributed by atoms with E-state index in [-0.39, 0.29) is 6.61 Å². The fraction of sp³-hybridized carbons (Fsp3) is 0.133. The molecule has 2 aromatic rings. The molecule has 0 aliphatic carbocycles. The summed E-state index contributed by atoms with van der Waals surface area (Å²) >= 11 is 9.29. The van der Waals surface area contributed by atoms with Gasteiger partial charge < -0.3 is 15.2 Å². The second-order valence-electron chi connectivity index (χ2n) is 4.27. The van der Waals surface area contributed by atoms with E-state index in [1.165, 1.54) is 6.07 Å². The molecule has 0 unspecified atom stereocenters. The molecule has 0 amide bonds.